The monoisotopic (exact) mass is 389 g/mol. The largest absolute Gasteiger partial charge is 0.484 e. The van der Waals surface area contributed by atoms with Crippen LogP contribution in [0.25, 0.3) is 0 Å². The van der Waals surface area contributed by atoms with Crippen LogP contribution in [-0.2, 0) is 11.2 Å². The number of benzene rings is 2. The van der Waals surface area contributed by atoms with Crippen LogP contribution in [0.1, 0.15) is 28.8 Å². The summed E-state index contributed by atoms with van der Waals surface area (Å²) >= 11 is 0. The quantitative estimate of drug-likeness (QED) is 0.604. The van der Waals surface area contributed by atoms with E-state index in [-0.39, 0.29) is 30.8 Å². The minimum absolute atomic E-state index is 0. The first-order valence-corrected chi connectivity index (χ1v) is 8.75. The standard InChI is InChI=1S/C20H23N3O3.ClH/c21-16-5-3-15(4-6-16)20(25)22-12-11-14-1-9-18(10-2-14)26-13-19(24)23-17-7-8-17;/h1-6,9-10,17H,7-8,11-13,21H2,(H,22,25)(H,23,24);1H. The molecular weight excluding hydrogens is 366 g/mol. The molecule has 1 aliphatic carbocycles. The molecule has 0 aliphatic heterocycles. The van der Waals surface area contributed by atoms with E-state index in [1.54, 1.807) is 24.3 Å². The third kappa shape index (κ3) is 6.83. The lowest BCUT2D eigenvalue weighted by atomic mass is 10.1. The van der Waals surface area contributed by atoms with Crippen molar-refractivity contribution in [2.45, 2.75) is 25.3 Å². The first-order chi connectivity index (χ1) is 12.6. The van der Waals surface area contributed by atoms with Gasteiger partial charge < -0.3 is 21.1 Å². The van der Waals surface area contributed by atoms with Gasteiger partial charge in [-0.2, -0.15) is 0 Å². The smallest absolute Gasteiger partial charge is 0.258 e. The summed E-state index contributed by atoms with van der Waals surface area (Å²) in [7, 11) is 0. The van der Waals surface area contributed by atoms with E-state index in [1.807, 2.05) is 24.3 Å². The van der Waals surface area contributed by atoms with E-state index in [1.165, 1.54) is 0 Å². The first kappa shape index (κ1) is 20.6. The van der Waals surface area contributed by atoms with Crippen LogP contribution in [0, 0.1) is 0 Å². The van der Waals surface area contributed by atoms with Crippen molar-refractivity contribution in [3.8, 4) is 5.75 Å². The molecule has 2 aromatic carbocycles. The van der Waals surface area contributed by atoms with E-state index in [0.29, 0.717) is 36.0 Å². The molecule has 3 rings (SSSR count). The van der Waals surface area contributed by atoms with E-state index < -0.39 is 0 Å². The van der Waals surface area contributed by atoms with Gasteiger partial charge in [-0.05, 0) is 61.2 Å². The lowest BCUT2D eigenvalue weighted by Crippen LogP contribution is -2.30. The van der Waals surface area contributed by atoms with Crippen LogP contribution in [0.2, 0.25) is 0 Å². The molecule has 0 spiro atoms. The lowest BCUT2D eigenvalue weighted by Gasteiger charge is -2.08. The van der Waals surface area contributed by atoms with Crippen LogP contribution in [0.5, 0.6) is 5.75 Å². The highest BCUT2D eigenvalue weighted by molar-refractivity contribution is 5.94. The van der Waals surface area contributed by atoms with Gasteiger partial charge in [0.15, 0.2) is 6.61 Å². The number of halogens is 1. The van der Waals surface area contributed by atoms with Gasteiger partial charge in [-0.15, -0.1) is 12.4 Å². The number of nitrogens with two attached hydrogens (primary N) is 1. The normalized spacial score (nSPS) is 12.6. The predicted octanol–water partition coefficient (Wildman–Crippen LogP) is 2.32. The first-order valence-electron chi connectivity index (χ1n) is 8.75. The van der Waals surface area contributed by atoms with Gasteiger partial charge in [0.25, 0.3) is 11.8 Å². The number of hydrogen-bond acceptors (Lipinski definition) is 4. The van der Waals surface area contributed by atoms with Crippen molar-refractivity contribution in [1.29, 1.82) is 0 Å². The molecule has 0 bridgehead atoms. The zero-order chi connectivity index (χ0) is 18.4. The summed E-state index contributed by atoms with van der Waals surface area (Å²) in [5.41, 5.74) is 7.92. The van der Waals surface area contributed by atoms with Crippen LogP contribution < -0.4 is 21.1 Å². The van der Waals surface area contributed by atoms with E-state index in [2.05, 4.69) is 10.6 Å². The number of carbonyl (C=O) groups is 2. The van der Waals surface area contributed by atoms with E-state index in [0.717, 1.165) is 18.4 Å². The summed E-state index contributed by atoms with van der Waals surface area (Å²) in [5.74, 6) is 0.458. The van der Waals surface area contributed by atoms with Gasteiger partial charge >= 0.3 is 0 Å². The number of ether oxygens (including phenoxy) is 1. The SMILES string of the molecule is Cl.Nc1ccc(C(=O)NCCc2ccc(OCC(=O)NC3CC3)cc2)cc1. The Morgan fingerprint density at radius 3 is 2.33 bits per heavy atom. The van der Waals surface area contributed by atoms with Crippen molar-refractivity contribution >= 4 is 29.9 Å². The maximum absolute atomic E-state index is 12.0. The Bertz CT molecular complexity index is 759. The summed E-state index contributed by atoms with van der Waals surface area (Å²) in [5, 5.41) is 5.76. The molecule has 1 fully saturated rings. The Labute approximate surface area is 164 Å². The van der Waals surface area contributed by atoms with E-state index >= 15 is 0 Å². The van der Waals surface area contributed by atoms with Crippen molar-refractivity contribution in [2.24, 2.45) is 0 Å². The number of rotatable bonds is 8. The van der Waals surface area contributed by atoms with E-state index in [9.17, 15) is 9.59 Å². The summed E-state index contributed by atoms with van der Waals surface area (Å²) in [6.45, 7) is 0.570. The second-order valence-corrected chi connectivity index (χ2v) is 6.40. The number of amides is 2. The molecule has 0 radical (unpaired) electrons. The molecule has 0 saturated heterocycles. The number of nitrogen functional groups attached to an aromatic ring is 1. The molecule has 4 N–H and O–H groups in total. The number of carbonyl (C=O) groups excluding carboxylic acids is 2. The second kappa shape index (κ2) is 9.83. The highest BCUT2D eigenvalue weighted by atomic mass is 35.5. The maximum atomic E-state index is 12.0. The summed E-state index contributed by atoms with van der Waals surface area (Å²) in [6, 6.07) is 14.7. The molecule has 144 valence electrons. The molecule has 6 nitrogen and oxygen atoms in total. The Kier molecular flexibility index (Phi) is 7.49. The summed E-state index contributed by atoms with van der Waals surface area (Å²) < 4.78 is 5.47. The molecule has 0 unspecified atom stereocenters. The fourth-order valence-corrected chi connectivity index (χ4v) is 2.46. The Morgan fingerprint density at radius 1 is 1.04 bits per heavy atom. The number of anilines is 1. The average Bonchev–Trinajstić information content (AvgIpc) is 3.45. The summed E-state index contributed by atoms with van der Waals surface area (Å²) in [6.07, 6.45) is 2.84. The average molecular weight is 390 g/mol. The van der Waals surface area contributed by atoms with Crippen LogP contribution in [-0.4, -0.2) is 31.0 Å². The predicted molar refractivity (Wildman–Crippen MR) is 107 cm³/mol. The fourth-order valence-electron chi connectivity index (χ4n) is 2.46. The molecule has 0 atom stereocenters. The lowest BCUT2D eigenvalue weighted by molar-refractivity contribution is -0.123. The molecule has 7 heteroatoms. The molecule has 1 saturated carbocycles. The molecule has 2 aromatic rings. The topological polar surface area (TPSA) is 93.5 Å². The van der Waals surface area contributed by atoms with Crippen LogP contribution >= 0.6 is 12.4 Å². The van der Waals surface area contributed by atoms with Crippen molar-refractivity contribution in [3.05, 3.63) is 59.7 Å². The van der Waals surface area contributed by atoms with Gasteiger partial charge in [0.2, 0.25) is 0 Å². The summed E-state index contributed by atoms with van der Waals surface area (Å²) in [4.78, 5) is 23.6. The molecular formula is C20H24ClN3O3. The van der Waals surface area contributed by atoms with Crippen molar-refractivity contribution < 1.29 is 14.3 Å². The fraction of sp³-hybridized carbons (Fsp3) is 0.300. The zero-order valence-electron chi connectivity index (χ0n) is 14.9. The highest BCUT2D eigenvalue weighted by Gasteiger charge is 2.23. The minimum Gasteiger partial charge on any atom is -0.484 e. The van der Waals surface area contributed by atoms with Gasteiger partial charge in [0.05, 0.1) is 0 Å². The third-order valence-electron chi connectivity index (χ3n) is 4.11. The Balaban J connectivity index is 0.00000261. The molecule has 27 heavy (non-hydrogen) atoms. The Morgan fingerprint density at radius 2 is 1.70 bits per heavy atom. The van der Waals surface area contributed by atoms with Gasteiger partial charge in [0, 0.05) is 23.8 Å². The highest BCUT2D eigenvalue weighted by Crippen LogP contribution is 2.18. The van der Waals surface area contributed by atoms with Crippen LogP contribution in [0.15, 0.2) is 48.5 Å². The van der Waals surface area contributed by atoms with Gasteiger partial charge in [-0.25, -0.2) is 0 Å². The van der Waals surface area contributed by atoms with Crippen molar-refractivity contribution in [1.82, 2.24) is 10.6 Å². The van der Waals surface area contributed by atoms with Crippen LogP contribution in [0.3, 0.4) is 0 Å². The van der Waals surface area contributed by atoms with Crippen molar-refractivity contribution in [2.75, 3.05) is 18.9 Å². The van der Waals surface area contributed by atoms with Gasteiger partial charge in [-0.1, -0.05) is 12.1 Å². The van der Waals surface area contributed by atoms with E-state index in [4.69, 9.17) is 10.5 Å². The minimum atomic E-state index is -0.119. The molecule has 1 aliphatic rings. The van der Waals surface area contributed by atoms with Crippen LogP contribution in [0.4, 0.5) is 5.69 Å². The number of hydrogen-bond donors (Lipinski definition) is 3. The van der Waals surface area contributed by atoms with Crippen molar-refractivity contribution in [3.63, 3.8) is 0 Å². The maximum Gasteiger partial charge on any atom is 0.258 e. The second-order valence-electron chi connectivity index (χ2n) is 6.40. The van der Waals surface area contributed by atoms with Gasteiger partial charge in [0.1, 0.15) is 5.75 Å². The third-order valence-corrected chi connectivity index (χ3v) is 4.11. The molecule has 0 aromatic heterocycles. The van der Waals surface area contributed by atoms with Gasteiger partial charge in [-0.3, -0.25) is 9.59 Å². The zero-order valence-corrected chi connectivity index (χ0v) is 15.8. The Hall–Kier alpha value is -2.73. The molecule has 2 amide bonds. The number of nitrogens with one attached hydrogen (secondary N) is 2. The molecule has 0 heterocycles.